The van der Waals surface area contributed by atoms with Gasteiger partial charge in [0.25, 0.3) is 5.91 Å². The summed E-state index contributed by atoms with van der Waals surface area (Å²) in [5, 5.41) is 9.99. The predicted molar refractivity (Wildman–Crippen MR) is 141 cm³/mol. The van der Waals surface area contributed by atoms with E-state index in [2.05, 4.69) is 31.7 Å². The summed E-state index contributed by atoms with van der Waals surface area (Å²) in [5.74, 6) is 0.857. The average molecular weight is 542 g/mol. The van der Waals surface area contributed by atoms with Crippen LogP contribution in [0.25, 0.3) is 0 Å². The van der Waals surface area contributed by atoms with Crippen LogP contribution in [0.5, 0.6) is 5.75 Å². The number of carbonyl (C=O) groups is 1. The fraction of sp³-hybridized carbons (Fsp3) is 0.500. The number of hydrogen-bond donors (Lipinski definition) is 1. The number of benzene rings is 2. The molecular weight excluding hydrogens is 510 g/mol. The van der Waals surface area contributed by atoms with Gasteiger partial charge < -0.3 is 19.6 Å². The first-order chi connectivity index (χ1) is 16.6. The molecule has 1 N–H and O–H groups in total. The summed E-state index contributed by atoms with van der Waals surface area (Å²) in [5.41, 5.74) is 1.38. The van der Waals surface area contributed by atoms with Crippen molar-refractivity contribution in [1.82, 2.24) is 4.90 Å². The van der Waals surface area contributed by atoms with Gasteiger partial charge in [-0.05, 0) is 48.6 Å². The number of thioether (sulfide) groups is 1. The highest BCUT2D eigenvalue weighted by Gasteiger charge is 2.43. The first kappa shape index (κ1) is 26.4. The third-order valence-electron chi connectivity index (χ3n) is 6.22. The number of ether oxygens (including phenoxy) is 1. The van der Waals surface area contributed by atoms with E-state index in [1.165, 1.54) is 18.2 Å². The summed E-state index contributed by atoms with van der Waals surface area (Å²) in [4.78, 5) is 18.4. The van der Waals surface area contributed by atoms with Gasteiger partial charge >= 0.3 is 0 Å². The molecule has 2 bridgehead atoms. The highest BCUT2D eigenvalue weighted by molar-refractivity contribution is 7.99. The van der Waals surface area contributed by atoms with Crippen molar-refractivity contribution in [3.63, 3.8) is 0 Å². The number of halogens is 3. The molecule has 0 aromatic heterocycles. The van der Waals surface area contributed by atoms with Crippen LogP contribution < -0.4 is 9.64 Å². The first-order valence-electron chi connectivity index (χ1n) is 11.8. The normalized spacial score (nSPS) is 19.9. The zero-order chi connectivity index (χ0) is 25.3. The lowest BCUT2D eigenvalue weighted by Crippen LogP contribution is -2.55. The minimum Gasteiger partial charge on any atom is -0.487 e. The zero-order valence-corrected chi connectivity index (χ0v) is 22.5. The van der Waals surface area contributed by atoms with Gasteiger partial charge in [0.15, 0.2) is 5.75 Å². The minimum absolute atomic E-state index is 0.0901. The minimum atomic E-state index is -0.465. The maximum atomic E-state index is 13.5. The molecule has 0 spiro atoms. The van der Waals surface area contributed by atoms with Crippen LogP contribution in [0.4, 0.5) is 10.1 Å². The third-order valence-corrected chi connectivity index (χ3v) is 8.39. The molecule has 2 saturated heterocycles. The number of aliphatic hydroxyl groups is 1. The molecule has 2 unspecified atom stereocenters. The molecule has 0 aliphatic carbocycles. The number of rotatable bonds is 7. The molecule has 0 saturated carbocycles. The smallest absolute Gasteiger partial charge is 0.255 e. The topological polar surface area (TPSA) is 53.0 Å². The van der Waals surface area contributed by atoms with Gasteiger partial charge in [-0.2, -0.15) is 0 Å². The Morgan fingerprint density at radius 2 is 1.83 bits per heavy atom. The fourth-order valence-electron chi connectivity index (χ4n) is 4.72. The van der Waals surface area contributed by atoms with Crippen molar-refractivity contribution < 1.29 is 19.0 Å². The lowest BCUT2D eigenvalue weighted by Gasteiger charge is -2.43. The number of aliphatic hydroxyl groups excluding tert-OH is 1. The van der Waals surface area contributed by atoms with E-state index in [1.807, 2.05) is 11.0 Å². The second kappa shape index (κ2) is 10.8. The second-order valence-corrected chi connectivity index (χ2v) is 12.2. The zero-order valence-electron chi connectivity index (χ0n) is 20.2. The molecule has 2 atom stereocenters. The molecule has 0 radical (unpaired) electrons. The van der Waals surface area contributed by atoms with Gasteiger partial charge in [0.05, 0.1) is 27.9 Å². The largest absolute Gasteiger partial charge is 0.487 e. The monoisotopic (exact) mass is 540 g/mol. The van der Waals surface area contributed by atoms with Crippen LogP contribution in [-0.2, 0) is 0 Å². The van der Waals surface area contributed by atoms with Gasteiger partial charge in [-0.25, -0.2) is 4.39 Å². The van der Waals surface area contributed by atoms with E-state index in [-0.39, 0.29) is 41.6 Å². The molecule has 2 aromatic carbocycles. The maximum absolute atomic E-state index is 13.5. The van der Waals surface area contributed by atoms with Crippen molar-refractivity contribution in [3.8, 4) is 5.75 Å². The Bertz CT molecular complexity index is 1080. The van der Waals surface area contributed by atoms with Crippen LogP contribution in [0, 0.1) is 11.2 Å². The van der Waals surface area contributed by atoms with Crippen LogP contribution in [0.2, 0.25) is 10.0 Å². The van der Waals surface area contributed by atoms with Crippen LogP contribution in [0.3, 0.4) is 0 Å². The third kappa shape index (κ3) is 6.01. The van der Waals surface area contributed by atoms with Gasteiger partial charge in [-0.15, -0.1) is 11.8 Å². The van der Waals surface area contributed by atoms with Gasteiger partial charge in [0, 0.05) is 35.8 Å². The van der Waals surface area contributed by atoms with Crippen molar-refractivity contribution in [2.75, 3.05) is 37.0 Å². The fourth-order valence-corrected chi connectivity index (χ4v) is 6.29. The summed E-state index contributed by atoms with van der Waals surface area (Å²) < 4.78 is 19.4. The summed E-state index contributed by atoms with van der Waals surface area (Å²) in [7, 11) is 0. The Balaban J connectivity index is 1.61. The van der Waals surface area contributed by atoms with E-state index in [9.17, 15) is 14.3 Å². The van der Waals surface area contributed by atoms with Gasteiger partial charge in [0.1, 0.15) is 12.4 Å². The summed E-state index contributed by atoms with van der Waals surface area (Å²) in [6.45, 7) is 7.70. The van der Waals surface area contributed by atoms with Crippen molar-refractivity contribution in [3.05, 3.63) is 51.8 Å². The Hall–Kier alpha value is -1.67. The van der Waals surface area contributed by atoms with E-state index in [1.54, 1.807) is 11.8 Å². The Morgan fingerprint density at radius 3 is 2.43 bits per heavy atom. The second-order valence-electron chi connectivity index (χ2n) is 10.3. The Morgan fingerprint density at radius 1 is 1.14 bits per heavy atom. The molecule has 1 amide bonds. The number of piperazine rings is 1. The van der Waals surface area contributed by atoms with E-state index < -0.39 is 5.82 Å². The molecule has 5 nitrogen and oxygen atoms in total. The molecule has 2 aromatic rings. The lowest BCUT2D eigenvalue weighted by molar-refractivity contribution is 0.0717. The molecule has 4 rings (SSSR count). The lowest BCUT2D eigenvalue weighted by atomic mass is 10.0. The van der Waals surface area contributed by atoms with E-state index in [4.69, 9.17) is 27.9 Å². The van der Waals surface area contributed by atoms with Crippen molar-refractivity contribution in [2.45, 2.75) is 50.6 Å². The number of hydrogen-bond acceptors (Lipinski definition) is 5. The molecule has 2 fully saturated rings. The summed E-state index contributed by atoms with van der Waals surface area (Å²) in [6.07, 6.45) is 1.87. The predicted octanol–water partition coefficient (Wildman–Crippen LogP) is 6.14. The number of amides is 1. The molecule has 35 heavy (non-hydrogen) atoms. The van der Waals surface area contributed by atoms with Crippen molar-refractivity contribution in [1.29, 1.82) is 0 Å². The standard InChI is InChI=1S/C26H31Cl2FN2O3S/c1-26(2,3)15-35-19-11-22(28)24(34-9-8-32)23(12-19)31-17-5-6-18(31)14-30(13-17)25(33)20-7-4-16(29)10-21(20)27/h4,7,10-12,17-18,32H,5-6,8-9,13-15H2,1-3H3. The van der Waals surface area contributed by atoms with Crippen LogP contribution >= 0.6 is 35.0 Å². The number of anilines is 1. The molecule has 2 aliphatic rings. The molecule has 9 heteroatoms. The summed E-state index contributed by atoms with van der Waals surface area (Å²) >= 11 is 14.6. The van der Waals surface area contributed by atoms with Gasteiger partial charge in [-0.1, -0.05) is 44.0 Å². The van der Waals surface area contributed by atoms with E-state index >= 15 is 0 Å². The SMILES string of the molecule is CC(C)(C)CSc1cc(Cl)c(OCCO)c(N2C3CCC2CN(C(=O)c2ccc(F)cc2Cl)C3)c1. The van der Waals surface area contributed by atoms with Gasteiger partial charge in [-0.3, -0.25) is 4.79 Å². The van der Waals surface area contributed by atoms with Crippen LogP contribution in [0.15, 0.2) is 35.2 Å². The van der Waals surface area contributed by atoms with E-state index in [0.29, 0.717) is 29.4 Å². The number of fused-ring (bicyclic) bond motifs is 2. The Kier molecular flexibility index (Phi) is 8.11. The first-order valence-corrected chi connectivity index (χ1v) is 13.5. The quantitative estimate of drug-likeness (QED) is 0.427. The Labute approximate surface area is 220 Å². The van der Waals surface area contributed by atoms with Crippen molar-refractivity contribution >= 4 is 46.6 Å². The average Bonchev–Trinajstić information content (AvgIpc) is 3.04. The molecule has 2 aliphatic heterocycles. The highest BCUT2D eigenvalue weighted by atomic mass is 35.5. The number of carbonyl (C=O) groups excluding carboxylic acids is 1. The van der Waals surface area contributed by atoms with Crippen LogP contribution in [-0.4, -0.2) is 60.1 Å². The molecular formula is C26H31Cl2FN2O3S. The maximum Gasteiger partial charge on any atom is 0.255 e. The summed E-state index contributed by atoms with van der Waals surface area (Å²) in [6, 6.07) is 8.11. The number of nitrogens with zero attached hydrogens (tertiary/aromatic N) is 2. The highest BCUT2D eigenvalue weighted by Crippen LogP contribution is 2.46. The van der Waals surface area contributed by atoms with Crippen LogP contribution in [0.1, 0.15) is 44.0 Å². The van der Waals surface area contributed by atoms with E-state index in [0.717, 1.165) is 29.2 Å². The molecule has 190 valence electrons. The van der Waals surface area contributed by atoms with Crippen molar-refractivity contribution in [2.24, 2.45) is 5.41 Å². The van der Waals surface area contributed by atoms with Gasteiger partial charge in [0.2, 0.25) is 0 Å². The number of likely N-dealkylation sites (tertiary alicyclic amines) is 1. The molecule has 2 heterocycles.